The topological polar surface area (TPSA) is 30.0 Å². The number of hydrogen-bond acceptors (Lipinski definition) is 4. The number of carbonyl (C=O) groups is 1. The van der Waals surface area contributed by atoms with E-state index in [0.717, 1.165) is 10.7 Å². The average molecular weight is 277 g/mol. The first kappa shape index (κ1) is 13.3. The number of carbonyl (C=O) groups excluding carboxylic acids is 1. The van der Waals surface area contributed by atoms with Crippen molar-refractivity contribution in [1.82, 2.24) is 4.98 Å². The van der Waals surface area contributed by atoms with Gasteiger partial charge >= 0.3 is 0 Å². The Balaban J connectivity index is 1.87. The van der Waals surface area contributed by atoms with Crippen LogP contribution in [0.4, 0.5) is 0 Å². The van der Waals surface area contributed by atoms with Crippen molar-refractivity contribution in [2.45, 2.75) is 25.2 Å². The highest BCUT2D eigenvalue weighted by Gasteiger charge is 2.08. The standard InChI is InChI=1S/C14H15NOS2/c1-10-5-3-4-6-14(10)18-9-13(16)7-12-8-17-11(2)15-12/h3-6,8H,7,9H2,1-2H3. The number of hydrogen-bond donors (Lipinski definition) is 0. The lowest BCUT2D eigenvalue weighted by Crippen LogP contribution is -2.06. The van der Waals surface area contributed by atoms with Crippen molar-refractivity contribution >= 4 is 28.9 Å². The predicted molar refractivity (Wildman–Crippen MR) is 77.5 cm³/mol. The maximum atomic E-state index is 11.9. The molecule has 0 unspecified atom stereocenters. The van der Waals surface area contributed by atoms with E-state index in [2.05, 4.69) is 24.0 Å². The normalized spacial score (nSPS) is 10.6. The van der Waals surface area contributed by atoms with E-state index in [4.69, 9.17) is 0 Å². The first-order valence-corrected chi connectivity index (χ1v) is 7.63. The summed E-state index contributed by atoms with van der Waals surface area (Å²) in [6.07, 6.45) is 0.448. The molecule has 0 aliphatic heterocycles. The molecule has 2 aromatic rings. The molecule has 1 aromatic carbocycles. The number of benzene rings is 1. The maximum absolute atomic E-state index is 11.9. The molecule has 0 atom stereocenters. The molecule has 0 fully saturated rings. The number of thioether (sulfide) groups is 1. The highest BCUT2D eigenvalue weighted by Crippen LogP contribution is 2.22. The SMILES string of the molecule is Cc1nc(CC(=O)CSc2ccccc2C)cs1. The number of aryl methyl sites for hydroxylation is 2. The Morgan fingerprint density at radius 2 is 2.11 bits per heavy atom. The highest BCUT2D eigenvalue weighted by molar-refractivity contribution is 8.00. The Morgan fingerprint density at radius 1 is 1.33 bits per heavy atom. The molecule has 4 heteroatoms. The fourth-order valence-corrected chi connectivity index (χ4v) is 3.12. The maximum Gasteiger partial charge on any atom is 0.149 e. The van der Waals surface area contributed by atoms with E-state index in [1.54, 1.807) is 23.1 Å². The second-order valence-electron chi connectivity index (χ2n) is 4.13. The van der Waals surface area contributed by atoms with Crippen LogP contribution >= 0.6 is 23.1 Å². The van der Waals surface area contributed by atoms with E-state index in [1.165, 1.54) is 10.5 Å². The summed E-state index contributed by atoms with van der Waals surface area (Å²) < 4.78 is 0. The Hall–Kier alpha value is -1.13. The molecule has 0 aliphatic rings. The largest absolute Gasteiger partial charge is 0.298 e. The van der Waals surface area contributed by atoms with Crippen molar-refractivity contribution in [2.75, 3.05) is 5.75 Å². The zero-order valence-corrected chi connectivity index (χ0v) is 12.1. The van der Waals surface area contributed by atoms with Gasteiger partial charge in [0.1, 0.15) is 5.78 Å². The molecule has 2 nitrogen and oxygen atoms in total. The molecular weight excluding hydrogens is 262 g/mol. The molecule has 0 amide bonds. The quantitative estimate of drug-likeness (QED) is 0.781. The summed E-state index contributed by atoms with van der Waals surface area (Å²) in [6, 6.07) is 8.14. The van der Waals surface area contributed by atoms with Crippen molar-refractivity contribution in [2.24, 2.45) is 0 Å². The van der Waals surface area contributed by atoms with Crippen LogP contribution in [-0.4, -0.2) is 16.5 Å². The van der Waals surface area contributed by atoms with Gasteiger partial charge in [-0.25, -0.2) is 4.98 Å². The number of nitrogens with zero attached hydrogens (tertiary/aromatic N) is 1. The predicted octanol–water partition coefficient (Wildman–Crippen LogP) is 3.66. The van der Waals surface area contributed by atoms with E-state index in [1.807, 2.05) is 24.4 Å². The number of Topliss-reactive ketones (excluding diaryl/α,β-unsaturated/α-hetero) is 1. The lowest BCUT2D eigenvalue weighted by atomic mass is 10.2. The third-order valence-corrected chi connectivity index (χ3v) is 4.58. The van der Waals surface area contributed by atoms with Crippen molar-refractivity contribution in [1.29, 1.82) is 0 Å². The lowest BCUT2D eigenvalue weighted by Gasteiger charge is -2.03. The average Bonchev–Trinajstić information content (AvgIpc) is 2.74. The van der Waals surface area contributed by atoms with Crippen molar-refractivity contribution < 1.29 is 4.79 Å². The molecule has 2 rings (SSSR count). The van der Waals surface area contributed by atoms with Gasteiger partial charge in [-0.1, -0.05) is 18.2 Å². The van der Waals surface area contributed by atoms with E-state index in [9.17, 15) is 4.79 Å². The minimum atomic E-state index is 0.230. The van der Waals surface area contributed by atoms with Crippen LogP contribution in [0, 0.1) is 13.8 Å². The molecule has 18 heavy (non-hydrogen) atoms. The van der Waals surface area contributed by atoms with E-state index < -0.39 is 0 Å². The van der Waals surface area contributed by atoms with Gasteiger partial charge < -0.3 is 0 Å². The van der Waals surface area contributed by atoms with Crippen molar-refractivity contribution in [3.8, 4) is 0 Å². The second kappa shape index (κ2) is 6.16. The van der Waals surface area contributed by atoms with E-state index in [-0.39, 0.29) is 5.78 Å². The van der Waals surface area contributed by atoms with Crippen LogP contribution in [-0.2, 0) is 11.2 Å². The summed E-state index contributed by atoms with van der Waals surface area (Å²) in [4.78, 5) is 17.3. The zero-order valence-electron chi connectivity index (χ0n) is 10.5. The Kier molecular flexibility index (Phi) is 4.55. The second-order valence-corrected chi connectivity index (χ2v) is 6.21. The number of thiazole rings is 1. The van der Waals surface area contributed by atoms with Crippen LogP contribution in [0.2, 0.25) is 0 Å². The summed E-state index contributed by atoms with van der Waals surface area (Å²) in [6.45, 7) is 4.03. The molecule has 0 spiro atoms. The number of ketones is 1. The minimum absolute atomic E-state index is 0.230. The van der Waals surface area contributed by atoms with Gasteiger partial charge in [-0.3, -0.25) is 4.79 Å². The van der Waals surface area contributed by atoms with Gasteiger partial charge in [-0.05, 0) is 25.5 Å². The Morgan fingerprint density at radius 3 is 2.78 bits per heavy atom. The van der Waals surface area contributed by atoms with Gasteiger partial charge in [-0.15, -0.1) is 23.1 Å². The van der Waals surface area contributed by atoms with Crippen LogP contribution in [0.5, 0.6) is 0 Å². The fraction of sp³-hybridized carbons (Fsp3) is 0.286. The number of rotatable bonds is 5. The van der Waals surface area contributed by atoms with E-state index >= 15 is 0 Å². The fourth-order valence-electron chi connectivity index (χ4n) is 1.62. The molecule has 0 aliphatic carbocycles. The third kappa shape index (κ3) is 3.68. The van der Waals surface area contributed by atoms with Gasteiger partial charge in [-0.2, -0.15) is 0 Å². The summed E-state index contributed by atoms with van der Waals surface area (Å²) in [5.41, 5.74) is 2.12. The van der Waals surface area contributed by atoms with Crippen molar-refractivity contribution in [3.63, 3.8) is 0 Å². The van der Waals surface area contributed by atoms with Gasteiger partial charge in [0.2, 0.25) is 0 Å². The molecule has 94 valence electrons. The minimum Gasteiger partial charge on any atom is -0.298 e. The molecule has 1 heterocycles. The van der Waals surface area contributed by atoms with Crippen molar-refractivity contribution in [3.05, 3.63) is 45.9 Å². The molecule has 0 bridgehead atoms. The third-order valence-electron chi connectivity index (χ3n) is 2.53. The first-order valence-electron chi connectivity index (χ1n) is 5.76. The summed E-state index contributed by atoms with van der Waals surface area (Å²) in [7, 11) is 0. The van der Waals surface area contributed by atoms with E-state index in [0.29, 0.717) is 12.2 Å². The Bertz CT molecular complexity index is 548. The Labute approximate surface area is 115 Å². The molecular formula is C14H15NOS2. The van der Waals surface area contributed by atoms with Crippen LogP contribution in [0.1, 0.15) is 16.3 Å². The monoisotopic (exact) mass is 277 g/mol. The molecule has 0 saturated heterocycles. The van der Waals surface area contributed by atoms with Crippen LogP contribution in [0.15, 0.2) is 34.5 Å². The highest BCUT2D eigenvalue weighted by atomic mass is 32.2. The smallest absolute Gasteiger partial charge is 0.149 e. The van der Waals surface area contributed by atoms with Crippen LogP contribution < -0.4 is 0 Å². The van der Waals surface area contributed by atoms with Crippen LogP contribution in [0.25, 0.3) is 0 Å². The van der Waals surface area contributed by atoms with Gasteiger partial charge in [0.05, 0.1) is 22.9 Å². The first-order chi connectivity index (χ1) is 8.65. The molecule has 1 aromatic heterocycles. The molecule has 0 radical (unpaired) electrons. The summed E-state index contributed by atoms with van der Waals surface area (Å²) in [5, 5.41) is 2.98. The zero-order chi connectivity index (χ0) is 13.0. The lowest BCUT2D eigenvalue weighted by molar-refractivity contribution is -0.116. The summed E-state index contributed by atoms with van der Waals surface area (Å²) in [5.74, 6) is 0.745. The summed E-state index contributed by atoms with van der Waals surface area (Å²) >= 11 is 3.20. The van der Waals surface area contributed by atoms with Gasteiger partial charge in [0.15, 0.2) is 0 Å². The molecule has 0 N–H and O–H groups in total. The van der Waals surface area contributed by atoms with Crippen LogP contribution in [0.3, 0.4) is 0 Å². The van der Waals surface area contributed by atoms with Gasteiger partial charge in [0.25, 0.3) is 0 Å². The number of aromatic nitrogens is 1. The molecule has 0 saturated carbocycles. The van der Waals surface area contributed by atoms with Gasteiger partial charge in [0, 0.05) is 10.3 Å².